The maximum Gasteiger partial charge on any atom is 0.328 e. The van der Waals surface area contributed by atoms with E-state index >= 15 is 0 Å². The number of carbonyl (C=O) groups excluding carboxylic acids is 2. The Kier molecular flexibility index (Phi) is 8.50. The lowest BCUT2D eigenvalue weighted by atomic mass is 10.1. The molecule has 184 valence electrons. The number of hydrogen-bond donors (Lipinski definition) is 1. The average Bonchev–Trinajstić information content (AvgIpc) is 3.26. The maximum absolute atomic E-state index is 13.1. The van der Waals surface area contributed by atoms with Crippen molar-refractivity contribution in [2.75, 3.05) is 13.6 Å². The van der Waals surface area contributed by atoms with E-state index in [9.17, 15) is 9.59 Å². The van der Waals surface area contributed by atoms with Crippen molar-refractivity contribution in [2.45, 2.75) is 57.6 Å². The summed E-state index contributed by atoms with van der Waals surface area (Å²) in [6.45, 7) is 3.36. The zero-order valence-corrected chi connectivity index (χ0v) is 20.5. The van der Waals surface area contributed by atoms with Gasteiger partial charge in [0.1, 0.15) is 12.6 Å². The summed E-state index contributed by atoms with van der Waals surface area (Å²) >= 11 is 0. The van der Waals surface area contributed by atoms with Crippen molar-refractivity contribution in [3.05, 3.63) is 83.9 Å². The van der Waals surface area contributed by atoms with E-state index in [4.69, 9.17) is 9.47 Å². The summed E-state index contributed by atoms with van der Waals surface area (Å²) in [6, 6.07) is 23.2. The van der Waals surface area contributed by atoms with E-state index in [-0.39, 0.29) is 24.7 Å². The first-order valence-corrected chi connectivity index (χ1v) is 12.3. The van der Waals surface area contributed by atoms with Crippen LogP contribution in [0.25, 0.3) is 10.8 Å². The van der Waals surface area contributed by atoms with E-state index in [2.05, 4.69) is 35.6 Å². The van der Waals surface area contributed by atoms with Crippen LogP contribution in [0.4, 0.5) is 0 Å². The molecule has 3 unspecified atom stereocenters. The molecule has 0 saturated carbocycles. The van der Waals surface area contributed by atoms with Crippen LogP contribution >= 0.6 is 0 Å². The number of amides is 1. The number of esters is 1. The Labute approximate surface area is 207 Å². The molecule has 3 atom stereocenters. The van der Waals surface area contributed by atoms with Gasteiger partial charge in [-0.05, 0) is 47.9 Å². The van der Waals surface area contributed by atoms with E-state index in [1.165, 1.54) is 10.8 Å². The molecule has 0 radical (unpaired) electrons. The summed E-state index contributed by atoms with van der Waals surface area (Å²) < 4.78 is 11.6. The van der Waals surface area contributed by atoms with Crippen LogP contribution in [0.1, 0.15) is 37.3 Å². The molecule has 0 spiro atoms. The molecule has 6 nitrogen and oxygen atoms in total. The van der Waals surface area contributed by atoms with Crippen LogP contribution in [0.15, 0.2) is 72.8 Å². The van der Waals surface area contributed by atoms with Crippen molar-refractivity contribution < 1.29 is 19.1 Å². The van der Waals surface area contributed by atoms with Gasteiger partial charge in [-0.15, -0.1) is 0 Å². The SMILES string of the molecule is CCCC(NC(=O)C1CC(OCc2ccc3ccccc3c2)CN1C)C(=O)OCc1ccccc1. The number of nitrogens with one attached hydrogen (secondary N) is 1. The molecule has 1 fully saturated rings. The van der Waals surface area contributed by atoms with E-state index in [0.717, 1.165) is 17.5 Å². The van der Waals surface area contributed by atoms with Crippen molar-refractivity contribution in [3.63, 3.8) is 0 Å². The number of likely N-dealkylation sites (N-methyl/N-ethyl adjacent to an activating group) is 1. The normalized spacial score (nSPS) is 18.9. The Morgan fingerprint density at radius 1 is 0.971 bits per heavy atom. The van der Waals surface area contributed by atoms with E-state index in [1.807, 2.05) is 61.3 Å². The molecule has 1 saturated heterocycles. The first-order chi connectivity index (χ1) is 17.0. The molecule has 0 aliphatic carbocycles. The molecular formula is C29H34N2O4. The van der Waals surface area contributed by atoms with Crippen LogP contribution in [-0.2, 0) is 32.3 Å². The molecule has 35 heavy (non-hydrogen) atoms. The van der Waals surface area contributed by atoms with Crippen molar-refractivity contribution >= 4 is 22.6 Å². The summed E-state index contributed by atoms with van der Waals surface area (Å²) in [7, 11) is 1.92. The van der Waals surface area contributed by atoms with Gasteiger partial charge in [-0.3, -0.25) is 9.69 Å². The van der Waals surface area contributed by atoms with Crippen molar-refractivity contribution in [2.24, 2.45) is 0 Å². The summed E-state index contributed by atoms with van der Waals surface area (Å²) in [5.41, 5.74) is 2.03. The molecule has 6 heteroatoms. The zero-order valence-electron chi connectivity index (χ0n) is 20.5. The Hall–Kier alpha value is -3.22. The highest BCUT2D eigenvalue weighted by molar-refractivity contribution is 5.87. The Morgan fingerprint density at radius 3 is 2.49 bits per heavy atom. The van der Waals surface area contributed by atoms with Crippen molar-refractivity contribution in [1.82, 2.24) is 10.2 Å². The summed E-state index contributed by atoms with van der Waals surface area (Å²) in [6.07, 6.45) is 1.85. The topological polar surface area (TPSA) is 67.9 Å². The van der Waals surface area contributed by atoms with Gasteiger partial charge in [0.05, 0.1) is 18.8 Å². The molecule has 0 aromatic heterocycles. The summed E-state index contributed by atoms with van der Waals surface area (Å²) in [5.74, 6) is -0.548. The molecule has 1 aliphatic rings. The Morgan fingerprint density at radius 2 is 1.71 bits per heavy atom. The summed E-state index contributed by atoms with van der Waals surface area (Å²) in [5, 5.41) is 5.33. The van der Waals surface area contributed by atoms with Crippen LogP contribution in [-0.4, -0.2) is 48.6 Å². The molecule has 0 bridgehead atoms. The first-order valence-electron chi connectivity index (χ1n) is 12.3. The predicted molar refractivity (Wildman–Crippen MR) is 137 cm³/mol. The van der Waals surface area contributed by atoms with Crippen LogP contribution < -0.4 is 5.32 Å². The van der Waals surface area contributed by atoms with Gasteiger partial charge in [0.25, 0.3) is 0 Å². The third kappa shape index (κ3) is 6.68. The monoisotopic (exact) mass is 474 g/mol. The first kappa shape index (κ1) is 24.9. The maximum atomic E-state index is 13.1. The van der Waals surface area contributed by atoms with Crippen LogP contribution in [0.3, 0.4) is 0 Å². The second kappa shape index (κ2) is 12.0. The highest BCUT2D eigenvalue weighted by atomic mass is 16.5. The third-order valence-electron chi connectivity index (χ3n) is 6.51. The number of carbonyl (C=O) groups is 2. The Bertz CT molecular complexity index is 1130. The van der Waals surface area contributed by atoms with E-state index < -0.39 is 12.0 Å². The lowest BCUT2D eigenvalue weighted by Crippen LogP contribution is -2.49. The average molecular weight is 475 g/mol. The molecule has 1 aliphatic heterocycles. The molecule has 3 aromatic carbocycles. The lowest BCUT2D eigenvalue weighted by molar-refractivity contribution is -0.149. The highest BCUT2D eigenvalue weighted by Gasteiger charge is 2.36. The summed E-state index contributed by atoms with van der Waals surface area (Å²) in [4.78, 5) is 27.7. The number of nitrogens with zero attached hydrogens (tertiary/aromatic N) is 1. The van der Waals surface area contributed by atoms with Crippen LogP contribution in [0.2, 0.25) is 0 Å². The van der Waals surface area contributed by atoms with Gasteiger partial charge in [-0.25, -0.2) is 4.79 Å². The van der Waals surface area contributed by atoms with Gasteiger partial charge in [-0.1, -0.05) is 80.1 Å². The van der Waals surface area contributed by atoms with E-state index in [0.29, 0.717) is 26.0 Å². The number of likely N-dealkylation sites (tertiary alicyclic amines) is 1. The second-order valence-electron chi connectivity index (χ2n) is 9.25. The minimum Gasteiger partial charge on any atom is -0.459 e. The fraction of sp³-hybridized carbons (Fsp3) is 0.379. The van der Waals surface area contributed by atoms with E-state index in [1.54, 1.807) is 0 Å². The quantitative estimate of drug-likeness (QED) is 0.440. The number of ether oxygens (including phenoxy) is 2. The van der Waals surface area contributed by atoms with Gasteiger partial charge in [0.2, 0.25) is 5.91 Å². The standard InChI is InChI=1S/C29H34N2O4/c1-3-9-26(29(33)35-19-21-10-5-4-6-11-21)30-28(32)27-17-25(18-31(27)2)34-20-22-14-15-23-12-7-8-13-24(23)16-22/h4-8,10-16,25-27H,3,9,17-20H2,1-2H3,(H,30,32). The molecular weight excluding hydrogens is 440 g/mol. The van der Waals surface area contributed by atoms with Crippen LogP contribution in [0.5, 0.6) is 0 Å². The minimum atomic E-state index is -0.651. The zero-order chi connectivity index (χ0) is 24.6. The van der Waals surface area contributed by atoms with Gasteiger partial charge < -0.3 is 14.8 Å². The molecule has 1 N–H and O–H groups in total. The molecule has 4 rings (SSSR count). The smallest absolute Gasteiger partial charge is 0.328 e. The third-order valence-corrected chi connectivity index (χ3v) is 6.51. The number of hydrogen-bond acceptors (Lipinski definition) is 5. The minimum absolute atomic E-state index is 0.0446. The largest absolute Gasteiger partial charge is 0.459 e. The van der Waals surface area contributed by atoms with Crippen LogP contribution in [0, 0.1) is 0 Å². The van der Waals surface area contributed by atoms with Crippen molar-refractivity contribution in [1.29, 1.82) is 0 Å². The fourth-order valence-corrected chi connectivity index (χ4v) is 4.56. The Balaban J connectivity index is 1.29. The lowest BCUT2D eigenvalue weighted by Gasteiger charge is -2.22. The van der Waals surface area contributed by atoms with Crippen molar-refractivity contribution in [3.8, 4) is 0 Å². The van der Waals surface area contributed by atoms with Gasteiger partial charge >= 0.3 is 5.97 Å². The molecule has 1 heterocycles. The number of benzene rings is 3. The second-order valence-corrected chi connectivity index (χ2v) is 9.25. The number of fused-ring (bicyclic) bond motifs is 1. The van der Waals surface area contributed by atoms with Gasteiger partial charge in [-0.2, -0.15) is 0 Å². The molecule has 3 aromatic rings. The predicted octanol–water partition coefficient (Wildman–Crippen LogP) is 4.46. The fourth-order valence-electron chi connectivity index (χ4n) is 4.56. The van der Waals surface area contributed by atoms with Gasteiger partial charge in [0, 0.05) is 6.54 Å². The highest BCUT2D eigenvalue weighted by Crippen LogP contribution is 2.22. The molecule has 1 amide bonds. The van der Waals surface area contributed by atoms with Gasteiger partial charge in [0.15, 0.2) is 0 Å². The number of rotatable bonds is 10.